The highest BCUT2D eigenvalue weighted by molar-refractivity contribution is 5.93. The van der Waals surface area contributed by atoms with Crippen LogP contribution in [0.25, 0.3) is 11.3 Å². The molecular weight excluding hydrogens is 356 g/mol. The van der Waals surface area contributed by atoms with E-state index in [2.05, 4.69) is 15.3 Å². The minimum Gasteiger partial charge on any atom is -0.484 e. The van der Waals surface area contributed by atoms with E-state index in [1.165, 1.54) is 6.07 Å². The molecule has 2 aromatic carbocycles. The van der Waals surface area contributed by atoms with Gasteiger partial charge in [0.1, 0.15) is 11.6 Å². The third kappa shape index (κ3) is 4.76. The summed E-state index contributed by atoms with van der Waals surface area (Å²) < 4.78 is 5.46. The van der Waals surface area contributed by atoms with Crippen molar-refractivity contribution < 1.29 is 14.3 Å². The molecule has 0 saturated heterocycles. The lowest BCUT2D eigenvalue weighted by atomic mass is 10.2. The highest BCUT2D eigenvalue weighted by Crippen LogP contribution is 2.20. The minimum absolute atomic E-state index is 0.176. The number of primary amides is 1. The number of amides is 2. The lowest BCUT2D eigenvalue weighted by Crippen LogP contribution is -2.33. The third-order valence-electron chi connectivity index (χ3n) is 4.24. The normalized spacial score (nSPS) is 11.6. The van der Waals surface area contributed by atoms with Gasteiger partial charge in [0, 0.05) is 5.56 Å². The van der Waals surface area contributed by atoms with Gasteiger partial charge in [0.15, 0.2) is 6.61 Å². The zero-order chi connectivity index (χ0) is 19.9. The first-order chi connectivity index (χ1) is 13.6. The van der Waals surface area contributed by atoms with Gasteiger partial charge in [-0.3, -0.25) is 9.59 Å². The van der Waals surface area contributed by atoms with Crippen molar-refractivity contribution in [1.29, 1.82) is 0 Å². The molecule has 0 aliphatic carbocycles. The number of benzene rings is 2. The summed E-state index contributed by atoms with van der Waals surface area (Å²) >= 11 is 0. The van der Waals surface area contributed by atoms with Crippen LogP contribution in [0.3, 0.4) is 0 Å². The molecule has 3 rings (SSSR count). The predicted octanol–water partition coefficient (Wildman–Crippen LogP) is 2.82. The van der Waals surface area contributed by atoms with Gasteiger partial charge in [0.2, 0.25) is 5.91 Å². The minimum atomic E-state index is -0.548. The zero-order valence-electron chi connectivity index (χ0n) is 15.5. The van der Waals surface area contributed by atoms with Crippen LogP contribution < -0.4 is 15.8 Å². The van der Waals surface area contributed by atoms with Crippen molar-refractivity contribution in [3.63, 3.8) is 0 Å². The Morgan fingerprint density at radius 1 is 1.18 bits per heavy atom. The second-order valence-electron chi connectivity index (χ2n) is 6.26. The van der Waals surface area contributed by atoms with Gasteiger partial charge in [-0.1, -0.05) is 43.3 Å². The van der Waals surface area contributed by atoms with Crippen LogP contribution in [-0.2, 0) is 4.79 Å². The molecule has 1 heterocycles. The van der Waals surface area contributed by atoms with Crippen LogP contribution in [0.2, 0.25) is 0 Å². The largest absolute Gasteiger partial charge is 0.484 e. The first-order valence-corrected chi connectivity index (χ1v) is 8.99. The van der Waals surface area contributed by atoms with Gasteiger partial charge in [0.05, 0.1) is 17.9 Å². The maximum Gasteiger partial charge on any atom is 0.258 e. The summed E-state index contributed by atoms with van der Waals surface area (Å²) in [5, 5.41) is 2.91. The number of carbonyl (C=O) groups is 2. The van der Waals surface area contributed by atoms with Crippen molar-refractivity contribution in [3.8, 4) is 17.0 Å². The number of carbonyl (C=O) groups excluding carboxylic acids is 2. The molecular formula is C21H22N4O3. The van der Waals surface area contributed by atoms with Crippen molar-refractivity contribution >= 4 is 11.8 Å². The number of imidazole rings is 1. The summed E-state index contributed by atoms with van der Waals surface area (Å²) in [6.07, 6.45) is 2.43. The molecule has 1 unspecified atom stereocenters. The fourth-order valence-corrected chi connectivity index (χ4v) is 2.77. The molecule has 0 aliphatic heterocycles. The third-order valence-corrected chi connectivity index (χ3v) is 4.24. The van der Waals surface area contributed by atoms with Crippen LogP contribution in [0.4, 0.5) is 0 Å². The van der Waals surface area contributed by atoms with Crippen LogP contribution in [0.15, 0.2) is 60.8 Å². The molecule has 0 fully saturated rings. The average molecular weight is 378 g/mol. The van der Waals surface area contributed by atoms with Crippen molar-refractivity contribution in [2.45, 2.75) is 19.4 Å². The van der Waals surface area contributed by atoms with Gasteiger partial charge in [-0.15, -0.1) is 0 Å². The maximum atomic E-state index is 12.3. The maximum absolute atomic E-state index is 12.3. The van der Waals surface area contributed by atoms with E-state index in [4.69, 9.17) is 10.5 Å². The molecule has 7 heteroatoms. The molecule has 0 saturated carbocycles. The average Bonchev–Trinajstić information content (AvgIpc) is 3.21. The molecule has 0 aliphatic rings. The van der Waals surface area contributed by atoms with Crippen LogP contribution >= 0.6 is 0 Å². The Morgan fingerprint density at radius 3 is 2.68 bits per heavy atom. The van der Waals surface area contributed by atoms with E-state index in [1.54, 1.807) is 24.4 Å². The van der Waals surface area contributed by atoms with Crippen LogP contribution in [0, 0.1) is 0 Å². The van der Waals surface area contributed by atoms with E-state index in [1.807, 2.05) is 37.3 Å². The molecule has 28 heavy (non-hydrogen) atoms. The van der Waals surface area contributed by atoms with Gasteiger partial charge in [-0.2, -0.15) is 0 Å². The van der Waals surface area contributed by atoms with Gasteiger partial charge < -0.3 is 20.8 Å². The number of aromatic nitrogens is 2. The first kappa shape index (κ1) is 19.2. The summed E-state index contributed by atoms with van der Waals surface area (Å²) in [4.78, 5) is 31.2. The number of nitrogens with zero attached hydrogens (tertiary/aromatic N) is 1. The summed E-state index contributed by atoms with van der Waals surface area (Å²) in [6.45, 7) is 1.79. The van der Waals surface area contributed by atoms with Gasteiger partial charge >= 0.3 is 0 Å². The summed E-state index contributed by atoms with van der Waals surface area (Å²) in [7, 11) is 0. The highest BCUT2D eigenvalue weighted by Gasteiger charge is 2.17. The summed E-state index contributed by atoms with van der Waals surface area (Å²) in [5.41, 5.74) is 7.49. The molecule has 0 bridgehead atoms. The molecule has 1 aromatic heterocycles. The van der Waals surface area contributed by atoms with E-state index >= 15 is 0 Å². The lowest BCUT2D eigenvalue weighted by molar-refractivity contribution is -0.123. The Hall–Kier alpha value is -3.61. The van der Waals surface area contributed by atoms with Crippen LogP contribution in [0.1, 0.15) is 35.6 Å². The van der Waals surface area contributed by atoms with E-state index in [0.717, 1.165) is 11.3 Å². The van der Waals surface area contributed by atoms with Crippen molar-refractivity contribution in [2.75, 3.05) is 6.61 Å². The Labute approximate surface area is 162 Å². The SMILES string of the molecule is CCC(NC(=O)COc1cccc(C(N)=O)c1)c1ncc(-c2ccccc2)[nH]1. The van der Waals surface area contributed by atoms with Gasteiger partial charge in [-0.25, -0.2) is 4.98 Å². The highest BCUT2D eigenvalue weighted by atomic mass is 16.5. The molecule has 0 spiro atoms. The Balaban J connectivity index is 1.60. The molecule has 4 N–H and O–H groups in total. The van der Waals surface area contributed by atoms with E-state index in [-0.39, 0.29) is 18.6 Å². The molecule has 7 nitrogen and oxygen atoms in total. The van der Waals surface area contributed by atoms with E-state index < -0.39 is 5.91 Å². The molecule has 1 atom stereocenters. The van der Waals surface area contributed by atoms with E-state index in [0.29, 0.717) is 23.6 Å². The Kier molecular flexibility index (Phi) is 6.06. The monoisotopic (exact) mass is 378 g/mol. The summed E-state index contributed by atoms with van der Waals surface area (Å²) in [5.74, 6) is 0.260. The molecule has 2 amide bonds. The van der Waals surface area contributed by atoms with E-state index in [9.17, 15) is 9.59 Å². The number of nitrogens with two attached hydrogens (primary N) is 1. The van der Waals surface area contributed by atoms with Gasteiger partial charge in [0.25, 0.3) is 5.91 Å². The number of hydrogen-bond acceptors (Lipinski definition) is 4. The zero-order valence-corrected chi connectivity index (χ0v) is 15.5. The number of ether oxygens (including phenoxy) is 1. The molecule has 3 aromatic rings. The predicted molar refractivity (Wildman–Crippen MR) is 106 cm³/mol. The lowest BCUT2D eigenvalue weighted by Gasteiger charge is -2.15. The molecule has 0 radical (unpaired) electrons. The van der Waals surface area contributed by atoms with Crippen LogP contribution in [0.5, 0.6) is 5.75 Å². The molecule has 144 valence electrons. The fraction of sp³-hybridized carbons (Fsp3) is 0.190. The Bertz CT molecular complexity index is 953. The second-order valence-corrected chi connectivity index (χ2v) is 6.26. The van der Waals surface area contributed by atoms with Crippen LogP contribution in [-0.4, -0.2) is 28.4 Å². The van der Waals surface area contributed by atoms with Crippen molar-refractivity contribution in [3.05, 3.63) is 72.2 Å². The van der Waals surface area contributed by atoms with Crippen molar-refractivity contribution in [2.24, 2.45) is 5.73 Å². The Morgan fingerprint density at radius 2 is 1.96 bits per heavy atom. The van der Waals surface area contributed by atoms with Crippen molar-refractivity contribution in [1.82, 2.24) is 15.3 Å². The number of rotatable bonds is 8. The quantitative estimate of drug-likeness (QED) is 0.560. The fourth-order valence-electron chi connectivity index (χ4n) is 2.77. The summed E-state index contributed by atoms with van der Waals surface area (Å²) in [6, 6.07) is 16.0. The number of hydrogen-bond donors (Lipinski definition) is 3. The van der Waals surface area contributed by atoms with Gasteiger partial charge in [-0.05, 0) is 30.2 Å². The number of H-pyrrole nitrogens is 1. The standard InChI is InChI=1S/C21H22N4O3/c1-2-17(21-23-12-18(25-21)14-7-4-3-5-8-14)24-19(26)13-28-16-10-6-9-15(11-16)20(22)27/h3-12,17H,2,13H2,1H3,(H2,22,27)(H,23,25)(H,24,26). The second kappa shape index (κ2) is 8.85. The topological polar surface area (TPSA) is 110 Å². The first-order valence-electron chi connectivity index (χ1n) is 8.99. The number of nitrogens with one attached hydrogen (secondary N) is 2. The smallest absolute Gasteiger partial charge is 0.258 e. The number of aromatic amines is 1.